The summed E-state index contributed by atoms with van der Waals surface area (Å²) in [5.74, 6) is 0.920. The fourth-order valence-corrected chi connectivity index (χ4v) is 3.87. The molecule has 1 aromatic rings. The van der Waals surface area contributed by atoms with Crippen LogP contribution in [0.15, 0.2) is 24.3 Å². The van der Waals surface area contributed by atoms with Gasteiger partial charge >= 0.3 is 0 Å². The van der Waals surface area contributed by atoms with Crippen LogP contribution in [0, 0.1) is 5.92 Å². The maximum atomic E-state index is 11.8. The summed E-state index contributed by atoms with van der Waals surface area (Å²) >= 11 is 5.44. The van der Waals surface area contributed by atoms with E-state index in [-0.39, 0.29) is 5.91 Å². The number of nitrogens with zero attached hydrogens (tertiary/aromatic N) is 1. The molecule has 1 heterocycles. The van der Waals surface area contributed by atoms with Gasteiger partial charge in [0.2, 0.25) is 5.91 Å². The van der Waals surface area contributed by atoms with Crippen LogP contribution in [0.2, 0.25) is 0 Å². The van der Waals surface area contributed by atoms with Crippen molar-refractivity contribution in [2.24, 2.45) is 5.92 Å². The SMILES string of the molecule is C[C@H]1CCCC[C@@H]1NC(=S)NCc1ccc(N2CCCC2=O)cc1. The van der Waals surface area contributed by atoms with Gasteiger partial charge in [-0.05, 0) is 55.1 Å². The average Bonchev–Trinajstić information content (AvgIpc) is 3.02. The molecule has 130 valence electrons. The molecule has 4 nitrogen and oxygen atoms in total. The molecule has 0 unspecified atom stereocenters. The molecule has 2 aliphatic rings. The summed E-state index contributed by atoms with van der Waals surface area (Å²) < 4.78 is 0. The van der Waals surface area contributed by atoms with E-state index in [1.807, 2.05) is 17.0 Å². The highest BCUT2D eigenvalue weighted by Gasteiger charge is 2.22. The first kappa shape index (κ1) is 17.2. The van der Waals surface area contributed by atoms with Crippen molar-refractivity contribution in [2.45, 2.75) is 58.0 Å². The van der Waals surface area contributed by atoms with Crippen LogP contribution in [0.25, 0.3) is 0 Å². The van der Waals surface area contributed by atoms with Gasteiger partial charge in [0.25, 0.3) is 0 Å². The molecule has 1 aromatic carbocycles. The average molecular weight is 346 g/mol. The molecule has 0 bridgehead atoms. The zero-order valence-electron chi connectivity index (χ0n) is 14.4. The van der Waals surface area contributed by atoms with Gasteiger partial charge in [-0.3, -0.25) is 4.79 Å². The number of benzene rings is 1. The summed E-state index contributed by atoms with van der Waals surface area (Å²) in [5.41, 5.74) is 2.17. The molecular formula is C19H27N3OS. The minimum atomic E-state index is 0.229. The van der Waals surface area contributed by atoms with Crippen molar-refractivity contribution in [1.29, 1.82) is 0 Å². The first-order valence-electron chi connectivity index (χ1n) is 9.07. The van der Waals surface area contributed by atoms with E-state index < -0.39 is 0 Å². The maximum absolute atomic E-state index is 11.8. The Hall–Kier alpha value is -1.62. The van der Waals surface area contributed by atoms with Crippen LogP contribution in [-0.2, 0) is 11.3 Å². The molecule has 1 amide bonds. The molecule has 0 spiro atoms. The molecule has 2 atom stereocenters. The van der Waals surface area contributed by atoms with Crippen molar-refractivity contribution < 1.29 is 4.79 Å². The summed E-state index contributed by atoms with van der Waals surface area (Å²) in [5, 5.41) is 7.52. The van der Waals surface area contributed by atoms with Crippen molar-refractivity contribution in [1.82, 2.24) is 10.6 Å². The Morgan fingerprint density at radius 1 is 1.21 bits per heavy atom. The Labute approximate surface area is 150 Å². The monoisotopic (exact) mass is 345 g/mol. The van der Waals surface area contributed by atoms with E-state index in [0.717, 1.165) is 23.8 Å². The molecule has 24 heavy (non-hydrogen) atoms. The molecule has 1 aliphatic heterocycles. The van der Waals surface area contributed by atoms with Crippen LogP contribution in [0.5, 0.6) is 0 Å². The number of thiocarbonyl (C=S) groups is 1. The molecule has 0 radical (unpaired) electrons. The Balaban J connectivity index is 1.47. The van der Waals surface area contributed by atoms with E-state index in [2.05, 4.69) is 29.7 Å². The van der Waals surface area contributed by atoms with Crippen LogP contribution >= 0.6 is 12.2 Å². The molecule has 2 N–H and O–H groups in total. The lowest BCUT2D eigenvalue weighted by Gasteiger charge is -2.30. The largest absolute Gasteiger partial charge is 0.360 e. The molecule has 3 rings (SSSR count). The third-order valence-corrected chi connectivity index (χ3v) is 5.46. The lowest BCUT2D eigenvalue weighted by atomic mass is 9.86. The number of nitrogens with one attached hydrogen (secondary N) is 2. The Morgan fingerprint density at radius 2 is 1.96 bits per heavy atom. The highest BCUT2D eigenvalue weighted by atomic mass is 32.1. The van der Waals surface area contributed by atoms with E-state index in [1.165, 1.54) is 31.2 Å². The van der Waals surface area contributed by atoms with Crippen molar-refractivity contribution in [3.63, 3.8) is 0 Å². The minimum absolute atomic E-state index is 0.229. The number of hydrogen-bond acceptors (Lipinski definition) is 2. The molecule has 0 aromatic heterocycles. The van der Waals surface area contributed by atoms with Crippen molar-refractivity contribution in [2.75, 3.05) is 11.4 Å². The van der Waals surface area contributed by atoms with Crippen LogP contribution in [0.4, 0.5) is 5.69 Å². The topological polar surface area (TPSA) is 44.4 Å². The third-order valence-electron chi connectivity index (χ3n) is 5.20. The second kappa shape index (κ2) is 7.97. The summed E-state index contributed by atoms with van der Waals surface area (Å²) in [6.07, 6.45) is 6.76. The second-order valence-corrected chi connectivity index (χ2v) is 7.42. The smallest absolute Gasteiger partial charge is 0.227 e. The van der Waals surface area contributed by atoms with Gasteiger partial charge in [0, 0.05) is 31.2 Å². The summed E-state index contributed by atoms with van der Waals surface area (Å²) in [6, 6.07) is 8.70. The quantitative estimate of drug-likeness (QED) is 0.822. The first-order chi connectivity index (χ1) is 11.6. The molecular weight excluding hydrogens is 318 g/mol. The normalized spacial score (nSPS) is 24.0. The third kappa shape index (κ3) is 4.26. The highest BCUT2D eigenvalue weighted by molar-refractivity contribution is 7.80. The number of carbonyl (C=O) groups is 1. The predicted octanol–water partition coefficient (Wildman–Crippen LogP) is 3.36. The number of carbonyl (C=O) groups excluding carboxylic acids is 1. The number of amides is 1. The Bertz CT molecular complexity index is 587. The van der Waals surface area contributed by atoms with E-state index in [1.54, 1.807) is 0 Å². The number of rotatable bonds is 4. The van der Waals surface area contributed by atoms with Crippen molar-refractivity contribution in [3.05, 3.63) is 29.8 Å². The van der Waals surface area contributed by atoms with Crippen molar-refractivity contribution >= 4 is 28.9 Å². The van der Waals surface area contributed by atoms with Gasteiger partial charge in [-0.2, -0.15) is 0 Å². The zero-order chi connectivity index (χ0) is 16.9. The minimum Gasteiger partial charge on any atom is -0.360 e. The summed E-state index contributed by atoms with van der Waals surface area (Å²) in [6.45, 7) is 3.85. The van der Waals surface area contributed by atoms with Crippen molar-refractivity contribution in [3.8, 4) is 0 Å². The van der Waals surface area contributed by atoms with E-state index in [0.29, 0.717) is 24.9 Å². The van der Waals surface area contributed by atoms with Crippen LogP contribution in [0.1, 0.15) is 51.0 Å². The van der Waals surface area contributed by atoms with Crippen LogP contribution < -0.4 is 15.5 Å². The van der Waals surface area contributed by atoms with Gasteiger partial charge in [0.05, 0.1) is 0 Å². The van der Waals surface area contributed by atoms with E-state index in [9.17, 15) is 4.79 Å². The Morgan fingerprint density at radius 3 is 2.62 bits per heavy atom. The molecule has 1 saturated carbocycles. The standard InChI is InChI=1S/C19H27N3OS/c1-14-5-2-3-6-17(14)21-19(24)20-13-15-8-10-16(11-9-15)22-12-4-7-18(22)23/h8-11,14,17H,2-7,12-13H2,1H3,(H2,20,21,24)/t14-,17-/m0/s1. The lowest BCUT2D eigenvalue weighted by molar-refractivity contribution is -0.117. The fraction of sp³-hybridized carbons (Fsp3) is 0.579. The fourth-order valence-electron chi connectivity index (χ4n) is 3.65. The highest BCUT2D eigenvalue weighted by Crippen LogP contribution is 2.24. The van der Waals surface area contributed by atoms with E-state index >= 15 is 0 Å². The van der Waals surface area contributed by atoms with Gasteiger partial charge in [0.1, 0.15) is 0 Å². The number of anilines is 1. The lowest BCUT2D eigenvalue weighted by Crippen LogP contribution is -2.45. The van der Waals surface area contributed by atoms with Gasteiger partial charge < -0.3 is 15.5 Å². The summed E-state index contributed by atoms with van der Waals surface area (Å²) in [4.78, 5) is 13.6. The zero-order valence-corrected chi connectivity index (χ0v) is 15.2. The van der Waals surface area contributed by atoms with Crippen LogP contribution in [0.3, 0.4) is 0 Å². The molecule has 5 heteroatoms. The first-order valence-corrected chi connectivity index (χ1v) is 9.48. The second-order valence-electron chi connectivity index (χ2n) is 7.01. The molecule has 1 saturated heterocycles. The Kier molecular flexibility index (Phi) is 5.72. The number of hydrogen-bond donors (Lipinski definition) is 2. The maximum Gasteiger partial charge on any atom is 0.227 e. The van der Waals surface area contributed by atoms with Crippen LogP contribution in [-0.4, -0.2) is 23.6 Å². The molecule has 2 fully saturated rings. The van der Waals surface area contributed by atoms with Gasteiger partial charge in [-0.1, -0.05) is 31.9 Å². The summed E-state index contributed by atoms with van der Waals surface area (Å²) in [7, 11) is 0. The van der Waals surface area contributed by atoms with Gasteiger partial charge in [-0.15, -0.1) is 0 Å². The van der Waals surface area contributed by atoms with Gasteiger partial charge in [0.15, 0.2) is 5.11 Å². The predicted molar refractivity (Wildman–Crippen MR) is 102 cm³/mol. The van der Waals surface area contributed by atoms with Gasteiger partial charge in [-0.25, -0.2) is 0 Å². The molecule has 1 aliphatic carbocycles. The van der Waals surface area contributed by atoms with E-state index in [4.69, 9.17) is 12.2 Å².